The van der Waals surface area contributed by atoms with Gasteiger partial charge in [0.2, 0.25) is 0 Å². The number of anilines is 1. The Balaban J connectivity index is 0.00000336. The van der Waals surface area contributed by atoms with Crippen LogP contribution in [0.1, 0.15) is 51.4 Å². The first kappa shape index (κ1) is 27.9. The summed E-state index contributed by atoms with van der Waals surface area (Å²) in [5, 5.41) is 6.57. The molecule has 1 atom stereocenters. The van der Waals surface area contributed by atoms with Crippen molar-refractivity contribution in [2.75, 3.05) is 44.3 Å². The van der Waals surface area contributed by atoms with E-state index in [0.717, 1.165) is 65.9 Å². The zero-order chi connectivity index (χ0) is 25.8. The Hall–Kier alpha value is -3.14. The number of ether oxygens (including phenoxy) is 1. The Morgan fingerprint density at radius 2 is 1.92 bits per heavy atom. The first-order chi connectivity index (χ1) is 18.1. The van der Waals surface area contributed by atoms with E-state index in [4.69, 9.17) is 14.7 Å². The Labute approximate surface area is 229 Å². The quantitative estimate of drug-likeness (QED) is 0.242. The number of hydrogen-bond donors (Lipinski definition) is 0. The van der Waals surface area contributed by atoms with Crippen molar-refractivity contribution < 1.29 is 9.53 Å². The summed E-state index contributed by atoms with van der Waals surface area (Å²) < 4.78 is 7.32. The van der Waals surface area contributed by atoms with Crippen LogP contribution in [-0.4, -0.2) is 75.7 Å². The zero-order valence-corrected chi connectivity index (χ0v) is 22.6. The number of fused-ring (bicyclic) bond motifs is 1. The molecule has 1 fully saturated rings. The van der Waals surface area contributed by atoms with E-state index in [9.17, 15) is 4.79 Å². The highest BCUT2D eigenvalue weighted by Gasteiger charge is 2.21. The molecule has 0 spiro atoms. The molecule has 0 radical (unpaired) electrons. The average molecular weight is 535 g/mol. The summed E-state index contributed by atoms with van der Waals surface area (Å²) in [5.74, 6) is 0.940. The van der Waals surface area contributed by atoms with E-state index in [1.165, 1.54) is 0 Å². The van der Waals surface area contributed by atoms with E-state index in [0.29, 0.717) is 31.2 Å². The molecule has 4 aromatic heterocycles. The molecule has 0 amide bonds. The molecule has 202 valence electrons. The number of aromatic nitrogens is 4. The highest BCUT2D eigenvalue weighted by molar-refractivity contribution is 7.13. The SMILES string of the molecule is C.CCN(CC)[C@@H](C)CCC(=O)c1cc(-c2cnn3ccc(-c4cccs4)nc23)nc(N2CCOCC2)c1. The molecule has 8 nitrogen and oxygen atoms in total. The summed E-state index contributed by atoms with van der Waals surface area (Å²) in [6.45, 7) is 11.3. The van der Waals surface area contributed by atoms with Crippen molar-refractivity contribution in [3.8, 4) is 21.8 Å². The van der Waals surface area contributed by atoms with Gasteiger partial charge in [-0.1, -0.05) is 27.3 Å². The molecule has 0 aliphatic carbocycles. The van der Waals surface area contributed by atoms with Crippen molar-refractivity contribution in [1.29, 1.82) is 0 Å². The number of pyridine rings is 1. The van der Waals surface area contributed by atoms with Crippen molar-refractivity contribution in [3.63, 3.8) is 0 Å². The van der Waals surface area contributed by atoms with Crippen LogP contribution in [0, 0.1) is 0 Å². The number of carbonyl (C=O) groups excluding carboxylic acids is 1. The van der Waals surface area contributed by atoms with Crippen LogP contribution in [0.15, 0.2) is 48.1 Å². The maximum atomic E-state index is 13.5. The van der Waals surface area contributed by atoms with Crippen molar-refractivity contribution in [3.05, 3.63) is 53.7 Å². The Morgan fingerprint density at radius 1 is 1.13 bits per heavy atom. The third-order valence-corrected chi connectivity index (χ3v) is 8.00. The van der Waals surface area contributed by atoms with E-state index in [-0.39, 0.29) is 13.2 Å². The van der Waals surface area contributed by atoms with Gasteiger partial charge in [0.15, 0.2) is 11.4 Å². The number of Topliss-reactive ketones (excluding diaryl/α,β-unsaturated/α-hetero) is 1. The standard InChI is InChI=1S/C28H34N6O2S.CH4/c1-4-32(5-2)20(3)8-9-25(35)21-17-24(30-27(18-21)33-12-14-36-15-13-33)22-19-29-34-11-10-23(31-28(22)34)26-7-6-16-37-26;/h6-7,10-11,16-20H,4-5,8-9,12-15H2,1-3H3;1H4/t20-;/m0./s1. The van der Waals surface area contributed by atoms with Gasteiger partial charge in [0, 0.05) is 37.3 Å². The van der Waals surface area contributed by atoms with E-state index in [2.05, 4.69) is 41.7 Å². The van der Waals surface area contributed by atoms with Crippen LogP contribution in [0.3, 0.4) is 0 Å². The van der Waals surface area contributed by atoms with E-state index < -0.39 is 0 Å². The number of carbonyl (C=O) groups is 1. The molecular formula is C29H38N6O2S. The molecule has 38 heavy (non-hydrogen) atoms. The summed E-state index contributed by atoms with van der Waals surface area (Å²) in [5.41, 5.74) is 3.85. The molecular weight excluding hydrogens is 496 g/mol. The van der Waals surface area contributed by atoms with Crippen LogP contribution in [0.25, 0.3) is 27.5 Å². The second-order valence-corrected chi connectivity index (χ2v) is 10.3. The first-order valence-electron chi connectivity index (χ1n) is 13.1. The van der Waals surface area contributed by atoms with Crippen molar-refractivity contribution >= 4 is 28.6 Å². The molecule has 1 aliphatic rings. The fourth-order valence-electron chi connectivity index (χ4n) is 4.89. The highest BCUT2D eigenvalue weighted by atomic mass is 32.1. The van der Waals surface area contributed by atoms with Crippen LogP contribution < -0.4 is 4.90 Å². The number of nitrogens with zero attached hydrogens (tertiary/aromatic N) is 6. The third kappa shape index (κ3) is 5.95. The van der Waals surface area contributed by atoms with Crippen LogP contribution in [-0.2, 0) is 4.74 Å². The van der Waals surface area contributed by atoms with Crippen molar-refractivity contribution in [1.82, 2.24) is 24.5 Å². The lowest BCUT2D eigenvalue weighted by atomic mass is 10.0. The van der Waals surface area contributed by atoms with Gasteiger partial charge >= 0.3 is 0 Å². The van der Waals surface area contributed by atoms with Gasteiger partial charge < -0.3 is 14.5 Å². The molecule has 0 aromatic carbocycles. The van der Waals surface area contributed by atoms with Gasteiger partial charge in [0.1, 0.15) is 5.82 Å². The molecule has 5 rings (SSSR count). The highest BCUT2D eigenvalue weighted by Crippen LogP contribution is 2.29. The number of morpholine rings is 1. The van der Waals surface area contributed by atoms with Crippen molar-refractivity contribution in [2.45, 2.75) is 47.1 Å². The van der Waals surface area contributed by atoms with Gasteiger partial charge in [-0.25, -0.2) is 14.5 Å². The van der Waals surface area contributed by atoms with Crippen LogP contribution in [0.2, 0.25) is 0 Å². The monoisotopic (exact) mass is 534 g/mol. The molecule has 0 bridgehead atoms. The Bertz CT molecular complexity index is 1340. The fraction of sp³-hybridized carbons (Fsp3) is 0.448. The predicted octanol–water partition coefficient (Wildman–Crippen LogP) is 5.69. The molecule has 0 saturated carbocycles. The molecule has 0 N–H and O–H groups in total. The van der Waals surface area contributed by atoms with Crippen LogP contribution in [0.4, 0.5) is 5.82 Å². The van der Waals surface area contributed by atoms with E-state index in [1.54, 1.807) is 22.0 Å². The smallest absolute Gasteiger partial charge is 0.165 e. The summed E-state index contributed by atoms with van der Waals surface area (Å²) in [4.78, 5) is 29.0. The number of thiophene rings is 1. The minimum Gasteiger partial charge on any atom is -0.378 e. The summed E-state index contributed by atoms with van der Waals surface area (Å²) in [6.07, 6.45) is 5.04. The van der Waals surface area contributed by atoms with Gasteiger partial charge in [0.25, 0.3) is 0 Å². The van der Waals surface area contributed by atoms with Crippen LogP contribution >= 0.6 is 11.3 Å². The van der Waals surface area contributed by atoms with Gasteiger partial charge in [-0.3, -0.25) is 4.79 Å². The number of hydrogen-bond acceptors (Lipinski definition) is 8. The topological polar surface area (TPSA) is 75.9 Å². The number of ketones is 1. The van der Waals surface area contributed by atoms with Gasteiger partial charge in [0.05, 0.1) is 41.2 Å². The summed E-state index contributed by atoms with van der Waals surface area (Å²) in [6, 6.07) is 10.3. The third-order valence-electron chi connectivity index (χ3n) is 7.11. The number of rotatable bonds is 10. The normalized spacial score (nSPS) is 14.6. The molecule has 1 aliphatic heterocycles. The maximum absolute atomic E-state index is 13.5. The molecule has 0 unspecified atom stereocenters. The maximum Gasteiger partial charge on any atom is 0.165 e. The summed E-state index contributed by atoms with van der Waals surface area (Å²) in [7, 11) is 0. The minimum absolute atomic E-state index is 0. The predicted molar refractivity (Wildman–Crippen MR) is 155 cm³/mol. The van der Waals surface area contributed by atoms with E-state index in [1.807, 2.05) is 35.8 Å². The molecule has 5 heterocycles. The van der Waals surface area contributed by atoms with E-state index >= 15 is 0 Å². The Kier molecular flexibility index (Phi) is 9.25. The van der Waals surface area contributed by atoms with Gasteiger partial charge in [-0.15, -0.1) is 11.3 Å². The lowest BCUT2D eigenvalue weighted by Gasteiger charge is -2.28. The van der Waals surface area contributed by atoms with Gasteiger partial charge in [-0.05, 0) is 56.1 Å². The largest absolute Gasteiger partial charge is 0.378 e. The average Bonchev–Trinajstić information content (AvgIpc) is 3.63. The zero-order valence-electron chi connectivity index (χ0n) is 21.8. The van der Waals surface area contributed by atoms with Crippen molar-refractivity contribution in [2.24, 2.45) is 0 Å². The van der Waals surface area contributed by atoms with Gasteiger partial charge in [-0.2, -0.15) is 5.10 Å². The summed E-state index contributed by atoms with van der Waals surface area (Å²) >= 11 is 1.65. The molecule has 4 aromatic rings. The first-order valence-corrected chi connectivity index (χ1v) is 14.0. The molecule has 1 saturated heterocycles. The minimum atomic E-state index is 0. The fourth-order valence-corrected chi connectivity index (χ4v) is 5.59. The Morgan fingerprint density at radius 3 is 2.63 bits per heavy atom. The lowest BCUT2D eigenvalue weighted by molar-refractivity contribution is 0.0964. The molecule has 9 heteroatoms. The lowest BCUT2D eigenvalue weighted by Crippen LogP contribution is -2.37. The second-order valence-electron chi connectivity index (χ2n) is 9.35. The second kappa shape index (κ2) is 12.6. The van der Waals surface area contributed by atoms with Crippen LogP contribution in [0.5, 0.6) is 0 Å².